The van der Waals surface area contributed by atoms with E-state index in [1.165, 1.54) is 5.69 Å². The summed E-state index contributed by atoms with van der Waals surface area (Å²) in [6.07, 6.45) is 0. The Morgan fingerprint density at radius 2 is 1.74 bits per heavy atom. The third kappa shape index (κ3) is 5.23. The molecule has 1 heterocycles. The molecular formula is C20H23BrN4O2. The molecule has 0 saturated carbocycles. The predicted molar refractivity (Wildman–Crippen MR) is 111 cm³/mol. The first kappa shape index (κ1) is 19.2. The van der Waals surface area contributed by atoms with E-state index in [1.54, 1.807) is 4.90 Å². The molecule has 2 aromatic rings. The fourth-order valence-electron chi connectivity index (χ4n) is 3.01. The van der Waals surface area contributed by atoms with Crippen LogP contribution in [0.4, 0.5) is 16.2 Å². The second-order valence-corrected chi connectivity index (χ2v) is 7.35. The summed E-state index contributed by atoms with van der Waals surface area (Å²) >= 11 is 3.42. The minimum Gasteiger partial charge on any atom is -0.368 e. The van der Waals surface area contributed by atoms with Gasteiger partial charge in [-0.2, -0.15) is 0 Å². The van der Waals surface area contributed by atoms with Crippen LogP contribution < -0.4 is 15.5 Å². The number of nitrogens with one attached hydrogen (secondary N) is 2. The van der Waals surface area contributed by atoms with Crippen molar-refractivity contribution in [3.05, 3.63) is 58.6 Å². The van der Waals surface area contributed by atoms with Gasteiger partial charge in [0, 0.05) is 36.3 Å². The number of carbonyl (C=O) groups is 2. The molecule has 6 nitrogen and oxygen atoms in total. The van der Waals surface area contributed by atoms with Gasteiger partial charge in [0.15, 0.2) is 0 Å². The summed E-state index contributed by atoms with van der Waals surface area (Å²) in [5, 5.41) is 5.39. The molecule has 7 heteroatoms. The lowest BCUT2D eigenvalue weighted by Gasteiger charge is -2.36. The Morgan fingerprint density at radius 1 is 1.04 bits per heavy atom. The third-order valence-corrected chi connectivity index (χ3v) is 5.18. The highest BCUT2D eigenvalue weighted by atomic mass is 79.9. The molecule has 1 saturated heterocycles. The van der Waals surface area contributed by atoms with Gasteiger partial charge in [-0.15, -0.1) is 0 Å². The fraction of sp³-hybridized carbons (Fsp3) is 0.300. The summed E-state index contributed by atoms with van der Waals surface area (Å²) < 4.78 is 0.806. The van der Waals surface area contributed by atoms with Crippen molar-refractivity contribution in [1.29, 1.82) is 0 Å². The fourth-order valence-corrected chi connectivity index (χ4v) is 3.60. The zero-order chi connectivity index (χ0) is 19.2. The van der Waals surface area contributed by atoms with E-state index in [0.29, 0.717) is 18.8 Å². The molecule has 0 unspecified atom stereocenters. The zero-order valence-electron chi connectivity index (χ0n) is 15.2. The maximum atomic E-state index is 12.4. The van der Waals surface area contributed by atoms with Crippen LogP contribution in [0.25, 0.3) is 0 Å². The summed E-state index contributed by atoms with van der Waals surface area (Å²) in [5.74, 6) is -0.0687. The normalized spacial score (nSPS) is 14.0. The Hall–Kier alpha value is -2.54. The average molecular weight is 431 g/mol. The van der Waals surface area contributed by atoms with E-state index in [4.69, 9.17) is 0 Å². The summed E-state index contributed by atoms with van der Waals surface area (Å²) in [4.78, 5) is 28.5. The molecule has 3 rings (SSSR count). The first-order valence-corrected chi connectivity index (χ1v) is 9.71. The number of hydrogen-bond donors (Lipinski definition) is 2. The second-order valence-electron chi connectivity index (χ2n) is 6.49. The lowest BCUT2D eigenvalue weighted by Crippen LogP contribution is -2.51. The average Bonchev–Trinajstić information content (AvgIpc) is 2.69. The van der Waals surface area contributed by atoms with Gasteiger partial charge < -0.3 is 20.4 Å². The molecule has 27 heavy (non-hydrogen) atoms. The Balaban J connectivity index is 1.44. The molecule has 0 spiro atoms. The molecule has 3 amide bonds. The Labute approximate surface area is 167 Å². The van der Waals surface area contributed by atoms with Crippen molar-refractivity contribution in [3.8, 4) is 0 Å². The molecule has 1 aliphatic heterocycles. The zero-order valence-corrected chi connectivity index (χ0v) is 16.8. The molecule has 2 aromatic carbocycles. The molecule has 0 aromatic heterocycles. The van der Waals surface area contributed by atoms with E-state index in [0.717, 1.165) is 23.1 Å². The summed E-state index contributed by atoms with van der Waals surface area (Å²) in [6, 6.07) is 15.4. The lowest BCUT2D eigenvalue weighted by atomic mass is 10.2. The third-order valence-electron chi connectivity index (χ3n) is 4.53. The quantitative estimate of drug-likeness (QED) is 0.782. The van der Waals surface area contributed by atoms with Crippen molar-refractivity contribution in [1.82, 2.24) is 10.2 Å². The highest BCUT2D eigenvalue weighted by Crippen LogP contribution is 2.23. The highest BCUT2D eigenvalue weighted by molar-refractivity contribution is 9.10. The van der Waals surface area contributed by atoms with Gasteiger partial charge >= 0.3 is 6.03 Å². The van der Waals surface area contributed by atoms with Gasteiger partial charge in [0.25, 0.3) is 0 Å². The number of halogens is 1. The first-order valence-electron chi connectivity index (χ1n) is 8.92. The van der Waals surface area contributed by atoms with Crippen molar-refractivity contribution in [2.24, 2.45) is 0 Å². The number of nitrogens with zero attached hydrogens (tertiary/aromatic N) is 2. The van der Waals surface area contributed by atoms with Crippen LogP contribution in [0.2, 0.25) is 0 Å². The number of piperazine rings is 1. The van der Waals surface area contributed by atoms with Gasteiger partial charge in [0.2, 0.25) is 5.91 Å². The maximum Gasteiger partial charge on any atom is 0.319 e. The lowest BCUT2D eigenvalue weighted by molar-refractivity contribution is -0.130. The molecule has 2 N–H and O–H groups in total. The van der Waals surface area contributed by atoms with Gasteiger partial charge in [-0.1, -0.05) is 24.3 Å². The molecule has 1 fully saturated rings. The van der Waals surface area contributed by atoms with Crippen LogP contribution in [0.3, 0.4) is 0 Å². The highest BCUT2D eigenvalue weighted by Gasteiger charge is 2.21. The van der Waals surface area contributed by atoms with Crippen LogP contribution in [0.1, 0.15) is 5.56 Å². The van der Waals surface area contributed by atoms with Crippen molar-refractivity contribution >= 4 is 39.2 Å². The van der Waals surface area contributed by atoms with E-state index in [2.05, 4.69) is 43.6 Å². The minimum absolute atomic E-state index is 0.0132. The van der Waals surface area contributed by atoms with Crippen molar-refractivity contribution in [2.45, 2.75) is 6.92 Å². The number of urea groups is 1. The van der Waals surface area contributed by atoms with E-state index >= 15 is 0 Å². The number of benzene rings is 2. The molecule has 0 aliphatic carbocycles. The van der Waals surface area contributed by atoms with Crippen LogP contribution in [-0.4, -0.2) is 49.6 Å². The van der Waals surface area contributed by atoms with Crippen LogP contribution in [0.5, 0.6) is 0 Å². The standard InChI is InChI=1S/C20H23BrN4O2/c1-15-7-8-18(17(21)13-15)23-20(27)22-14-19(26)25-11-9-24(10-12-25)16-5-3-2-4-6-16/h2-8,13H,9-12,14H2,1H3,(H2,22,23,27). The SMILES string of the molecule is Cc1ccc(NC(=O)NCC(=O)N2CCN(c3ccccc3)CC2)c(Br)c1. The van der Waals surface area contributed by atoms with E-state index in [1.807, 2.05) is 43.3 Å². The van der Waals surface area contributed by atoms with Gasteiger partial charge in [0.1, 0.15) is 0 Å². The van der Waals surface area contributed by atoms with Crippen molar-refractivity contribution in [2.75, 3.05) is 42.9 Å². The number of carbonyl (C=O) groups excluding carboxylic acids is 2. The minimum atomic E-state index is -0.393. The number of amides is 3. The van der Waals surface area contributed by atoms with Crippen LogP contribution in [-0.2, 0) is 4.79 Å². The van der Waals surface area contributed by atoms with E-state index in [-0.39, 0.29) is 12.5 Å². The Kier molecular flexibility index (Phi) is 6.34. The summed E-state index contributed by atoms with van der Waals surface area (Å²) in [5.41, 5.74) is 2.94. The first-order chi connectivity index (χ1) is 13.0. The molecule has 1 aliphatic rings. The summed E-state index contributed by atoms with van der Waals surface area (Å²) in [7, 11) is 0. The summed E-state index contributed by atoms with van der Waals surface area (Å²) in [6.45, 7) is 4.85. The predicted octanol–water partition coefficient (Wildman–Crippen LogP) is 3.23. The number of para-hydroxylation sites is 1. The molecule has 0 atom stereocenters. The molecular weight excluding hydrogens is 408 g/mol. The number of hydrogen-bond acceptors (Lipinski definition) is 3. The Bertz CT molecular complexity index is 805. The number of anilines is 2. The Morgan fingerprint density at radius 3 is 2.41 bits per heavy atom. The van der Waals surface area contributed by atoms with Crippen LogP contribution in [0, 0.1) is 6.92 Å². The topological polar surface area (TPSA) is 64.7 Å². The van der Waals surface area contributed by atoms with Gasteiger partial charge in [0.05, 0.1) is 12.2 Å². The molecule has 0 radical (unpaired) electrons. The van der Waals surface area contributed by atoms with Gasteiger partial charge in [-0.25, -0.2) is 4.79 Å². The molecule has 142 valence electrons. The van der Waals surface area contributed by atoms with Crippen molar-refractivity contribution < 1.29 is 9.59 Å². The van der Waals surface area contributed by atoms with Gasteiger partial charge in [-0.3, -0.25) is 4.79 Å². The second kappa shape index (κ2) is 8.90. The van der Waals surface area contributed by atoms with E-state index < -0.39 is 6.03 Å². The largest absolute Gasteiger partial charge is 0.368 e. The van der Waals surface area contributed by atoms with Crippen LogP contribution >= 0.6 is 15.9 Å². The van der Waals surface area contributed by atoms with Gasteiger partial charge in [-0.05, 0) is 52.7 Å². The smallest absolute Gasteiger partial charge is 0.319 e. The van der Waals surface area contributed by atoms with E-state index in [9.17, 15) is 9.59 Å². The van der Waals surface area contributed by atoms with Crippen LogP contribution in [0.15, 0.2) is 53.0 Å². The monoisotopic (exact) mass is 430 g/mol. The number of aryl methyl sites for hydroxylation is 1. The maximum absolute atomic E-state index is 12.4. The van der Waals surface area contributed by atoms with Crippen molar-refractivity contribution in [3.63, 3.8) is 0 Å². The number of rotatable bonds is 4. The molecule has 0 bridgehead atoms.